The highest BCUT2D eigenvalue weighted by atomic mass is 16.5. The molecule has 2 unspecified atom stereocenters. The maximum absolute atomic E-state index is 11.4. The van der Waals surface area contributed by atoms with Crippen LogP contribution >= 0.6 is 0 Å². The average Bonchev–Trinajstić information content (AvgIpc) is 2.17. The Morgan fingerprint density at radius 2 is 2.13 bits per heavy atom. The fraction of sp³-hybridized carbons (Fsp3) is 0.909. The molecule has 0 radical (unpaired) electrons. The van der Waals surface area contributed by atoms with Gasteiger partial charge in [-0.1, -0.05) is 13.8 Å². The van der Waals surface area contributed by atoms with Gasteiger partial charge in [0.2, 0.25) is 5.91 Å². The summed E-state index contributed by atoms with van der Waals surface area (Å²) in [4.78, 5) is 11.4. The molecular weight excluding hydrogens is 192 g/mol. The molecule has 1 aliphatic carbocycles. The highest BCUT2D eigenvalue weighted by molar-refractivity contribution is 5.76. The molecular formula is C11H22N2O2. The first kappa shape index (κ1) is 12.5. The van der Waals surface area contributed by atoms with Crippen molar-refractivity contribution in [2.75, 3.05) is 13.7 Å². The fourth-order valence-electron chi connectivity index (χ4n) is 2.12. The van der Waals surface area contributed by atoms with E-state index in [9.17, 15) is 4.79 Å². The van der Waals surface area contributed by atoms with Crippen LogP contribution < -0.4 is 11.1 Å². The average molecular weight is 214 g/mol. The first-order chi connectivity index (χ1) is 6.87. The molecule has 15 heavy (non-hydrogen) atoms. The molecule has 1 fully saturated rings. The van der Waals surface area contributed by atoms with Crippen molar-refractivity contribution in [3.63, 3.8) is 0 Å². The first-order valence-electron chi connectivity index (χ1n) is 5.42. The highest BCUT2D eigenvalue weighted by Crippen LogP contribution is 2.51. The highest BCUT2D eigenvalue weighted by Gasteiger charge is 2.58. The Kier molecular flexibility index (Phi) is 3.41. The Hall–Kier alpha value is -0.610. The number of rotatable bonds is 4. The molecule has 1 rings (SSSR count). The summed E-state index contributed by atoms with van der Waals surface area (Å²) in [6, 6.07) is 0.196. The van der Waals surface area contributed by atoms with Crippen molar-refractivity contribution in [3.05, 3.63) is 0 Å². The van der Waals surface area contributed by atoms with Crippen LogP contribution in [0.2, 0.25) is 0 Å². The number of carbonyl (C=O) groups is 1. The maximum atomic E-state index is 11.4. The van der Waals surface area contributed by atoms with Gasteiger partial charge in [-0.15, -0.1) is 0 Å². The van der Waals surface area contributed by atoms with E-state index in [1.165, 1.54) is 0 Å². The molecule has 0 aromatic carbocycles. The van der Waals surface area contributed by atoms with Crippen LogP contribution in [-0.4, -0.2) is 31.2 Å². The molecule has 4 heteroatoms. The predicted octanol–water partition coefficient (Wildman–Crippen LogP) is 0.655. The van der Waals surface area contributed by atoms with Gasteiger partial charge in [0, 0.05) is 31.5 Å². The number of nitrogens with two attached hydrogens (primary N) is 1. The number of ether oxygens (including phenoxy) is 1. The summed E-state index contributed by atoms with van der Waals surface area (Å²) < 4.78 is 5.48. The van der Waals surface area contributed by atoms with Gasteiger partial charge in [-0.3, -0.25) is 4.79 Å². The molecule has 1 saturated carbocycles. The monoisotopic (exact) mass is 214 g/mol. The van der Waals surface area contributed by atoms with Gasteiger partial charge in [-0.05, 0) is 13.3 Å². The lowest BCUT2D eigenvalue weighted by Gasteiger charge is -2.59. The van der Waals surface area contributed by atoms with Crippen LogP contribution in [-0.2, 0) is 9.53 Å². The van der Waals surface area contributed by atoms with Gasteiger partial charge in [0.15, 0.2) is 0 Å². The van der Waals surface area contributed by atoms with E-state index in [0.717, 1.165) is 6.42 Å². The van der Waals surface area contributed by atoms with E-state index in [0.29, 0.717) is 13.0 Å². The molecule has 1 amide bonds. The number of hydrogen-bond donors (Lipinski definition) is 2. The zero-order chi connectivity index (χ0) is 11.7. The maximum Gasteiger partial charge on any atom is 0.221 e. The Morgan fingerprint density at radius 1 is 1.53 bits per heavy atom. The second-order valence-electron chi connectivity index (χ2n) is 5.02. The van der Waals surface area contributed by atoms with Gasteiger partial charge in [-0.2, -0.15) is 0 Å². The third-order valence-corrected chi connectivity index (χ3v) is 3.98. The largest absolute Gasteiger partial charge is 0.378 e. The smallest absolute Gasteiger partial charge is 0.221 e. The van der Waals surface area contributed by atoms with Crippen molar-refractivity contribution in [3.8, 4) is 0 Å². The van der Waals surface area contributed by atoms with E-state index in [-0.39, 0.29) is 23.0 Å². The van der Waals surface area contributed by atoms with Gasteiger partial charge in [0.05, 0.1) is 5.60 Å². The van der Waals surface area contributed by atoms with E-state index >= 15 is 0 Å². The predicted molar refractivity (Wildman–Crippen MR) is 59.4 cm³/mol. The van der Waals surface area contributed by atoms with E-state index in [2.05, 4.69) is 26.1 Å². The van der Waals surface area contributed by atoms with Crippen molar-refractivity contribution >= 4 is 5.91 Å². The summed E-state index contributed by atoms with van der Waals surface area (Å²) in [5.74, 6) is 0.0359. The number of hydrogen-bond acceptors (Lipinski definition) is 3. The normalized spacial score (nSPS) is 33.3. The molecule has 0 heterocycles. The molecule has 0 aromatic heterocycles. The lowest BCUT2D eigenvalue weighted by molar-refractivity contribution is -0.182. The summed E-state index contributed by atoms with van der Waals surface area (Å²) in [5.41, 5.74) is 5.17. The number of methoxy groups -OCH3 is 1. The molecule has 0 aliphatic heterocycles. The third kappa shape index (κ3) is 2.01. The second-order valence-corrected chi connectivity index (χ2v) is 5.02. The number of nitrogens with one attached hydrogen (secondary N) is 1. The molecule has 0 aromatic rings. The van der Waals surface area contributed by atoms with Crippen LogP contribution in [0.3, 0.4) is 0 Å². The zero-order valence-corrected chi connectivity index (χ0v) is 10.1. The summed E-state index contributed by atoms with van der Waals surface area (Å²) in [6.07, 6.45) is 1.27. The standard InChI is InChI=1S/C11H22N2O2/c1-10(2)8(7-11(10,3)15-4)13-9(14)5-6-12/h8H,5-7,12H2,1-4H3,(H,13,14). The SMILES string of the molecule is COC1(C)CC(NC(=O)CCN)C1(C)C. The molecule has 2 atom stereocenters. The van der Waals surface area contributed by atoms with E-state index in [1.807, 2.05) is 0 Å². The summed E-state index contributed by atoms with van der Waals surface area (Å²) in [6.45, 7) is 6.72. The van der Waals surface area contributed by atoms with Crippen LogP contribution in [0, 0.1) is 5.41 Å². The minimum atomic E-state index is -0.131. The van der Waals surface area contributed by atoms with Gasteiger partial charge >= 0.3 is 0 Å². The van der Waals surface area contributed by atoms with E-state index in [4.69, 9.17) is 10.5 Å². The molecule has 0 bridgehead atoms. The van der Waals surface area contributed by atoms with Crippen LogP contribution in [0.25, 0.3) is 0 Å². The van der Waals surface area contributed by atoms with Gasteiger partial charge in [-0.25, -0.2) is 0 Å². The first-order valence-corrected chi connectivity index (χ1v) is 5.42. The molecule has 88 valence electrons. The molecule has 1 aliphatic rings. The van der Waals surface area contributed by atoms with E-state index in [1.54, 1.807) is 7.11 Å². The van der Waals surface area contributed by atoms with Crippen LogP contribution in [0.5, 0.6) is 0 Å². The van der Waals surface area contributed by atoms with Gasteiger partial charge < -0.3 is 15.8 Å². The summed E-state index contributed by atoms with van der Waals surface area (Å²) >= 11 is 0. The molecule has 4 nitrogen and oxygen atoms in total. The lowest BCUT2D eigenvalue weighted by atomic mass is 9.56. The topological polar surface area (TPSA) is 64.3 Å². The van der Waals surface area contributed by atoms with Gasteiger partial charge in [0.25, 0.3) is 0 Å². The van der Waals surface area contributed by atoms with Crippen molar-refractivity contribution in [1.29, 1.82) is 0 Å². The summed E-state index contributed by atoms with van der Waals surface area (Å²) in [5, 5.41) is 3.00. The minimum Gasteiger partial charge on any atom is -0.378 e. The second kappa shape index (κ2) is 4.10. The quantitative estimate of drug-likeness (QED) is 0.722. The molecule has 0 spiro atoms. The Morgan fingerprint density at radius 3 is 2.53 bits per heavy atom. The van der Waals surface area contributed by atoms with Gasteiger partial charge in [0.1, 0.15) is 0 Å². The van der Waals surface area contributed by atoms with Crippen molar-refractivity contribution in [2.45, 2.75) is 45.3 Å². The Bertz CT molecular complexity index is 253. The van der Waals surface area contributed by atoms with Crippen LogP contribution in [0.4, 0.5) is 0 Å². The molecule has 0 saturated heterocycles. The van der Waals surface area contributed by atoms with Crippen LogP contribution in [0.15, 0.2) is 0 Å². The van der Waals surface area contributed by atoms with Crippen LogP contribution in [0.1, 0.15) is 33.6 Å². The number of amides is 1. The minimum absolute atomic E-state index is 0.0218. The van der Waals surface area contributed by atoms with Crippen molar-refractivity contribution in [2.24, 2.45) is 11.1 Å². The Balaban J connectivity index is 2.52. The summed E-state index contributed by atoms with van der Waals surface area (Å²) in [7, 11) is 1.72. The van der Waals surface area contributed by atoms with E-state index < -0.39 is 0 Å². The third-order valence-electron chi connectivity index (χ3n) is 3.98. The Labute approximate surface area is 91.5 Å². The number of carbonyl (C=O) groups excluding carboxylic acids is 1. The van der Waals surface area contributed by atoms with Crippen molar-refractivity contribution < 1.29 is 9.53 Å². The molecule has 3 N–H and O–H groups in total. The zero-order valence-electron chi connectivity index (χ0n) is 10.1. The lowest BCUT2D eigenvalue weighted by Crippen LogP contribution is -2.68. The fourth-order valence-corrected chi connectivity index (χ4v) is 2.12. The van der Waals surface area contributed by atoms with Crippen molar-refractivity contribution in [1.82, 2.24) is 5.32 Å².